The number of hydrogen-bond acceptors (Lipinski definition) is 3. The van der Waals surface area contributed by atoms with Gasteiger partial charge in [0.05, 0.1) is 12.2 Å². The summed E-state index contributed by atoms with van der Waals surface area (Å²) < 4.78 is 6.26. The van der Waals surface area contributed by atoms with Gasteiger partial charge in [-0.1, -0.05) is 27.6 Å². The third kappa shape index (κ3) is 3.02. The van der Waals surface area contributed by atoms with Crippen molar-refractivity contribution in [2.45, 2.75) is 13.8 Å². The molecule has 0 radical (unpaired) electrons. The molecule has 104 valence electrons. The number of carbonyl (C=O) groups excluding carboxylic acids is 1. The number of carbonyl (C=O) groups is 1. The first kappa shape index (κ1) is 14.6. The van der Waals surface area contributed by atoms with Crippen LogP contribution in [0.2, 0.25) is 0 Å². The molecule has 0 aliphatic heterocycles. The van der Waals surface area contributed by atoms with Crippen LogP contribution < -0.4 is 10.5 Å². The number of nitrogens with two attached hydrogens (primary N) is 1. The van der Waals surface area contributed by atoms with Gasteiger partial charge < -0.3 is 10.5 Å². The zero-order chi connectivity index (χ0) is 14.7. The van der Waals surface area contributed by atoms with Crippen LogP contribution in [0.25, 0.3) is 0 Å². The minimum absolute atomic E-state index is 0.101. The SMILES string of the molecule is CCOc1ccc(C)cc1C(=O)c1cc(N)ccc1Br. The van der Waals surface area contributed by atoms with E-state index in [2.05, 4.69) is 15.9 Å². The van der Waals surface area contributed by atoms with Gasteiger partial charge >= 0.3 is 0 Å². The van der Waals surface area contributed by atoms with E-state index < -0.39 is 0 Å². The molecular weight excluding hydrogens is 318 g/mol. The molecule has 2 rings (SSSR count). The molecule has 0 unspecified atom stereocenters. The van der Waals surface area contributed by atoms with Gasteiger partial charge in [0.25, 0.3) is 0 Å². The lowest BCUT2D eigenvalue weighted by Gasteiger charge is -2.11. The zero-order valence-corrected chi connectivity index (χ0v) is 13.0. The van der Waals surface area contributed by atoms with Crippen LogP contribution in [0.1, 0.15) is 28.4 Å². The predicted molar refractivity (Wildman–Crippen MR) is 84.3 cm³/mol. The Labute approximate surface area is 126 Å². The highest BCUT2D eigenvalue weighted by atomic mass is 79.9. The van der Waals surface area contributed by atoms with Crippen molar-refractivity contribution in [1.29, 1.82) is 0 Å². The van der Waals surface area contributed by atoms with Crippen LogP contribution in [0.3, 0.4) is 0 Å². The summed E-state index contributed by atoms with van der Waals surface area (Å²) in [5.41, 5.74) is 8.43. The molecule has 0 atom stereocenters. The summed E-state index contributed by atoms with van der Waals surface area (Å²) in [4.78, 5) is 12.7. The molecule has 20 heavy (non-hydrogen) atoms. The quantitative estimate of drug-likeness (QED) is 0.680. The molecule has 0 bridgehead atoms. The van der Waals surface area contributed by atoms with Crippen molar-refractivity contribution in [2.75, 3.05) is 12.3 Å². The summed E-state index contributed by atoms with van der Waals surface area (Å²) in [6.45, 7) is 4.35. The molecule has 3 nitrogen and oxygen atoms in total. The minimum Gasteiger partial charge on any atom is -0.493 e. The molecule has 2 N–H and O–H groups in total. The summed E-state index contributed by atoms with van der Waals surface area (Å²) in [6, 6.07) is 10.8. The van der Waals surface area contributed by atoms with Crippen molar-refractivity contribution >= 4 is 27.4 Å². The third-order valence-corrected chi connectivity index (χ3v) is 3.61. The fourth-order valence-corrected chi connectivity index (χ4v) is 2.39. The predicted octanol–water partition coefficient (Wildman–Crippen LogP) is 3.97. The minimum atomic E-state index is -0.101. The maximum Gasteiger partial charge on any atom is 0.197 e. The number of ether oxygens (including phenoxy) is 1. The molecule has 0 fully saturated rings. The molecule has 2 aromatic carbocycles. The number of ketones is 1. The van der Waals surface area contributed by atoms with Gasteiger partial charge in [0.1, 0.15) is 5.75 Å². The molecule has 4 heteroatoms. The van der Waals surface area contributed by atoms with E-state index in [1.807, 2.05) is 32.0 Å². The lowest BCUT2D eigenvalue weighted by atomic mass is 10.00. The molecule has 2 aromatic rings. The molecule has 0 heterocycles. The first-order valence-electron chi connectivity index (χ1n) is 6.36. The van der Waals surface area contributed by atoms with E-state index in [-0.39, 0.29) is 5.78 Å². The van der Waals surface area contributed by atoms with Crippen LogP contribution in [-0.2, 0) is 0 Å². The Balaban J connectivity index is 2.52. The first-order chi connectivity index (χ1) is 9.52. The van der Waals surface area contributed by atoms with Crippen molar-refractivity contribution in [3.63, 3.8) is 0 Å². The molecule has 0 saturated carbocycles. The number of rotatable bonds is 4. The average Bonchev–Trinajstić information content (AvgIpc) is 2.43. The van der Waals surface area contributed by atoms with Crippen LogP contribution in [0.5, 0.6) is 5.75 Å². The molecular formula is C16H16BrNO2. The van der Waals surface area contributed by atoms with E-state index in [0.29, 0.717) is 29.2 Å². The molecule has 0 saturated heterocycles. The molecule has 0 aromatic heterocycles. The molecule has 0 spiro atoms. The molecule has 0 amide bonds. The maximum atomic E-state index is 12.7. The number of aryl methyl sites for hydroxylation is 1. The number of benzene rings is 2. The average molecular weight is 334 g/mol. The van der Waals surface area contributed by atoms with Gasteiger partial charge in [-0.2, -0.15) is 0 Å². The van der Waals surface area contributed by atoms with Gasteiger partial charge in [-0.25, -0.2) is 0 Å². The standard InChI is InChI=1S/C16H16BrNO2/c1-3-20-15-7-4-10(2)8-13(15)16(19)12-9-11(18)5-6-14(12)17/h4-9H,3,18H2,1-2H3. The van der Waals surface area contributed by atoms with Crippen molar-refractivity contribution in [3.05, 3.63) is 57.6 Å². The van der Waals surface area contributed by atoms with Crippen molar-refractivity contribution in [2.24, 2.45) is 0 Å². The third-order valence-electron chi connectivity index (χ3n) is 2.91. The zero-order valence-electron chi connectivity index (χ0n) is 11.4. The second-order valence-electron chi connectivity index (χ2n) is 4.50. The topological polar surface area (TPSA) is 52.3 Å². The largest absolute Gasteiger partial charge is 0.493 e. The highest BCUT2D eigenvalue weighted by Crippen LogP contribution is 2.27. The Hall–Kier alpha value is -1.81. The summed E-state index contributed by atoms with van der Waals surface area (Å²) in [5.74, 6) is 0.494. The second kappa shape index (κ2) is 6.09. The summed E-state index contributed by atoms with van der Waals surface area (Å²) >= 11 is 3.39. The number of nitrogen functional groups attached to an aromatic ring is 1. The second-order valence-corrected chi connectivity index (χ2v) is 5.36. The first-order valence-corrected chi connectivity index (χ1v) is 7.15. The monoisotopic (exact) mass is 333 g/mol. The summed E-state index contributed by atoms with van der Waals surface area (Å²) in [7, 11) is 0. The van der Waals surface area contributed by atoms with Gasteiger partial charge in [0, 0.05) is 15.7 Å². The van der Waals surface area contributed by atoms with Gasteiger partial charge in [-0.15, -0.1) is 0 Å². The Kier molecular flexibility index (Phi) is 4.45. The normalized spacial score (nSPS) is 10.3. The van der Waals surface area contributed by atoms with Crippen LogP contribution >= 0.6 is 15.9 Å². The van der Waals surface area contributed by atoms with Gasteiger partial charge in [0.15, 0.2) is 5.78 Å². The van der Waals surface area contributed by atoms with Crippen molar-refractivity contribution in [3.8, 4) is 5.75 Å². The maximum absolute atomic E-state index is 12.7. The van der Waals surface area contributed by atoms with Crippen molar-refractivity contribution in [1.82, 2.24) is 0 Å². The summed E-state index contributed by atoms with van der Waals surface area (Å²) in [6.07, 6.45) is 0. The van der Waals surface area contributed by atoms with E-state index >= 15 is 0 Å². The van der Waals surface area contributed by atoms with Gasteiger partial charge in [-0.3, -0.25) is 4.79 Å². The van der Waals surface area contributed by atoms with Gasteiger partial charge in [-0.05, 0) is 44.2 Å². The van der Waals surface area contributed by atoms with E-state index in [1.54, 1.807) is 18.2 Å². The number of halogens is 1. The fraction of sp³-hybridized carbons (Fsp3) is 0.188. The van der Waals surface area contributed by atoms with Gasteiger partial charge in [0.2, 0.25) is 0 Å². The number of anilines is 1. The lowest BCUT2D eigenvalue weighted by molar-refractivity contribution is 0.103. The fourth-order valence-electron chi connectivity index (χ4n) is 1.96. The van der Waals surface area contributed by atoms with E-state index in [9.17, 15) is 4.79 Å². The smallest absolute Gasteiger partial charge is 0.197 e. The van der Waals surface area contributed by atoms with E-state index in [1.165, 1.54) is 0 Å². The Morgan fingerprint density at radius 3 is 2.65 bits per heavy atom. The van der Waals surface area contributed by atoms with E-state index in [0.717, 1.165) is 10.0 Å². The Bertz CT molecular complexity index is 653. The van der Waals surface area contributed by atoms with Crippen LogP contribution in [0.4, 0.5) is 5.69 Å². The summed E-state index contributed by atoms with van der Waals surface area (Å²) in [5, 5.41) is 0. The number of hydrogen-bond donors (Lipinski definition) is 1. The Morgan fingerprint density at radius 1 is 1.20 bits per heavy atom. The molecule has 0 aliphatic rings. The van der Waals surface area contributed by atoms with Crippen LogP contribution in [0, 0.1) is 6.92 Å². The lowest BCUT2D eigenvalue weighted by Crippen LogP contribution is -2.07. The Morgan fingerprint density at radius 2 is 1.95 bits per heavy atom. The van der Waals surface area contributed by atoms with Crippen LogP contribution in [-0.4, -0.2) is 12.4 Å². The highest BCUT2D eigenvalue weighted by Gasteiger charge is 2.17. The van der Waals surface area contributed by atoms with Crippen LogP contribution in [0.15, 0.2) is 40.9 Å². The highest BCUT2D eigenvalue weighted by molar-refractivity contribution is 9.10. The molecule has 0 aliphatic carbocycles. The van der Waals surface area contributed by atoms with Crippen molar-refractivity contribution < 1.29 is 9.53 Å². The van der Waals surface area contributed by atoms with E-state index in [4.69, 9.17) is 10.5 Å².